The highest BCUT2D eigenvalue weighted by Crippen LogP contribution is 2.88. The molecule has 5 aliphatic rings. The van der Waals surface area contributed by atoms with Crippen LogP contribution in [0.3, 0.4) is 0 Å². The van der Waals surface area contributed by atoms with E-state index in [0.717, 1.165) is 64.2 Å². The average molecular weight is 642 g/mol. The Kier molecular flexibility index (Phi) is 9.50. The molecule has 6 N–H and O–H groups in total. The van der Waals surface area contributed by atoms with Crippen LogP contribution in [0.1, 0.15) is 119 Å². The van der Waals surface area contributed by atoms with Crippen LogP contribution in [0.15, 0.2) is 12.2 Å². The fourth-order valence-corrected chi connectivity index (χ4v) is 9.36. The normalized spacial score (nSPS) is 29.3. The summed E-state index contributed by atoms with van der Waals surface area (Å²) in [6, 6.07) is -3.31. The Hall–Kier alpha value is -2.46. The minimum absolute atomic E-state index is 0.0499. The van der Waals surface area contributed by atoms with Crippen molar-refractivity contribution < 1.29 is 24.3 Å². The highest BCUT2D eigenvalue weighted by Gasteiger charge is 2.85. The quantitative estimate of drug-likeness (QED) is 0.218. The van der Waals surface area contributed by atoms with Gasteiger partial charge in [-0.25, -0.2) is 0 Å². The van der Waals surface area contributed by atoms with E-state index in [1.54, 1.807) is 4.90 Å². The SMILES string of the molecule is C=C(CC)[C@H](NC(=O)[C@@H]1C[C@@]2(CN1C(=O)[C@@H](NC(=O)[C@@H](N)C1CCCCC1)C(C)(C)C)C(C)(C)C21CCC1)C(O)C(=O)NC1CC1. The Morgan fingerprint density at radius 3 is 2.09 bits per heavy atom. The number of nitrogens with zero attached hydrogens (tertiary/aromatic N) is 1. The van der Waals surface area contributed by atoms with Gasteiger partial charge < -0.3 is 31.7 Å². The van der Waals surface area contributed by atoms with E-state index in [4.69, 9.17) is 5.73 Å². The highest BCUT2D eigenvalue weighted by molar-refractivity contribution is 5.95. The molecule has 1 unspecified atom stereocenters. The maximum Gasteiger partial charge on any atom is 0.251 e. The number of carbonyl (C=O) groups excluding carboxylic acids is 4. The van der Waals surface area contributed by atoms with Crippen LogP contribution in [-0.4, -0.2) is 76.5 Å². The summed E-state index contributed by atoms with van der Waals surface area (Å²) in [6.07, 6.45) is 9.58. The van der Waals surface area contributed by atoms with Gasteiger partial charge in [-0.3, -0.25) is 19.2 Å². The fraction of sp³-hybridized carbons (Fsp3) is 0.833. The molecule has 1 heterocycles. The summed E-state index contributed by atoms with van der Waals surface area (Å²) in [7, 11) is 0. The average Bonchev–Trinajstić information content (AvgIpc) is 3.82. The number of nitrogens with two attached hydrogens (primary N) is 1. The number of aliphatic hydroxyl groups excluding tert-OH is 1. The van der Waals surface area contributed by atoms with Crippen LogP contribution in [0, 0.1) is 27.6 Å². The number of rotatable bonds is 11. The first-order valence-electron chi connectivity index (χ1n) is 17.8. The minimum atomic E-state index is -1.49. The third-order valence-electron chi connectivity index (χ3n) is 13.0. The second-order valence-electron chi connectivity index (χ2n) is 16.8. The van der Waals surface area contributed by atoms with E-state index >= 15 is 0 Å². The monoisotopic (exact) mass is 641 g/mol. The maximum absolute atomic E-state index is 14.7. The highest BCUT2D eigenvalue weighted by atomic mass is 16.3. The lowest BCUT2D eigenvalue weighted by atomic mass is 9.73. The molecule has 0 bridgehead atoms. The second-order valence-corrected chi connectivity index (χ2v) is 16.8. The number of carbonyl (C=O) groups is 4. The van der Waals surface area contributed by atoms with Gasteiger partial charge in [-0.2, -0.15) is 0 Å². The standard InChI is InChI=1S/C36H59N5O5/c1-8-21(2)26(27(42)31(45)38-23-15-16-23)39-29(43)24-19-36(34(6,7)35(36)17-12-18-35)20-41(24)32(46)28(33(3,4)5)40-30(44)25(37)22-13-10-9-11-14-22/h22-28,42H,2,8-20,37H2,1,3-7H3,(H,38,45)(H,39,43)(H,40,44)/t24-,25-,26-,27?,28+,36+/m0/s1. The van der Waals surface area contributed by atoms with Crippen molar-refractivity contribution in [2.24, 2.45) is 33.3 Å². The Morgan fingerprint density at radius 2 is 1.59 bits per heavy atom. The van der Waals surface area contributed by atoms with Gasteiger partial charge in [0.2, 0.25) is 17.7 Å². The molecule has 0 aromatic rings. The van der Waals surface area contributed by atoms with Crippen molar-refractivity contribution in [3.63, 3.8) is 0 Å². The zero-order chi connectivity index (χ0) is 33.8. The summed E-state index contributed by atoms with van der Waals surface area (Å²) < 4.78 is 0. The first-order chi connectivity index (χ1) is 21.5. The van der Waals surface area contributed by atoms with Crippen LogP contribution in [-0.2, 0) is 19.2 Å². The van der Waals surface area contributed by atoms with Crippen LogP contribution in [0.5, 0.6) is 0 Å². The second kappa shape index (κ2) is 12.5. The van der Waals surface area contributed by atoms with Gasteiger partial charge in [0.05, 0.1) is 12.1 Å². The Balaban J connectivity index is 1.41. The predicted molar refractivity (Wildman–Crippen MR) is 177 cm³/mol. The maximum atomic E-state index is 14.7. The van der Waals surface area contributed by atoms with E-state index < -0.39 is 47.5 Å². The largest absolute Gasteiger partial charge is 0.381 e. The van der Waals surface area contributed by atoms with Crippen molar-refractivity contribution >= 4 is 23.6 Å². The smallest absolute Gasteiger partial charge is 0.251 e. The number of likely N-dealkylation sites (tertiary alicyclic amines) is 1. The lowest BCUT2D eigenvalue weighted by Crippen LogP contribution is -2.61. The van der Waals surface area contributed by atoms with Crippen LogP contribution in [0.4, 0.5) is 0 Å². The van der Waals surface area contributed by atoms with Crippen molar-refractivity contribution in [2.75, 3.05) is 6.54 Å². The molecule has 2 spiro atoms. The number of nitrogens with one attached hydrogen (secondary N) is 3. The lowest BCUT2D eigenvalue weighted by Gasteiger charge is -2.37. The number of aliphatic hydroxyl groups is 1. The number of amides is 4. The molecule has 4 saturated carbocycles. The summed E-state index contributed by atoms with van der Waals surface area (Å²) in [5, 5.41) is 19.9. The van der Waals surface area contributed by atoms with E-state index in [-0.39, 0.29) is 40.0 Å². The van der Waals surface area contributed by atoms with Gasteiger partial charge in [0, 0.05) is 18.0 Å². The summed E-state index contributed by atoms with van der Waals surface area (Å²) >= 11 is 0. The van der Waals surface area contributed by atoms with Gasteiger partial charge in [0.1, 0.15) is 12.1 Å². The molecule has 0 radical (unpaired) electrons. The van der Waals surface area contributed by atoms with Crippen molar-refractivity contribution in [1.82, 2.24) is 20.9 Å². The molecule has 5 rings (SSSR count). The van der Waals surface area contributed by atoms with E-state index in [9.17, 15) is 24.3 Å². The lowest BCUT2D eigenvalue weighted by molar-refractivity contribution is -0.145. The topological polar surface area (TPSA) is 154 Å². The number of hydrogen-bond donors (Lipinski definition) is 5. The molecular weight excluding hydrogens is 582 g/mol. The Morgan fingerprint density at radius 1 is 0.957 bits per heavy atom. The van der Waals surface area contributed by atoms with Crippen molar-refractivity contribution in [3.8, 4) is 0 Å². The molecule has 1 aliphatic heterocycles. The molecule has 6 atom stereocenters. The minimum Gasteiger partial charge on any atom is -0.381 e. The van der Waals surface area contributed by atoms with Crippen LogP contribution in [0.2, 0.25) is 0 Å². The third kappa shape index (κ3) is 5.90. The molecule has 10 heteroatoms. The number of fused-ring (bicyclic) bond motifs is 1. The van der Waals surface area contributed by atoms with Gasteiger partial charge >= 0.3 is 0 Å². The van der Waals surface area contributed by atoms with Gasteiger partial charge in [-0.1, -0.05) is 79.4 Å². The summed E-state index contributed by atoms with van der Waals surface area (Å²) in [5.41, 5.74) is 6.18. The molecule has 258 valence electrons. The van der Waals surface area contributed by atoms with Crippen molar-refractivity contribution in [1.29, 1.82) is 0 Å². The zero-order valence-electron chi connectivity index (χ0n) is 29.0. The molecule has 5 fully saturated rings. The molecule has 1 saturated heterocycles. The predicted octanol–water partition coefficient (Wildman–Crippen LogP) is 3.31. The van der Waals surface area contributed by atoms with Crippen LogP contribution >= 0.6 is 0 Å². The van der Waals surface area contributed by atoms with Crippen LogP contribution < -0.4 is 21.7 Å². The van der Waals surface area contributed by atoms with Crippen molar-refractivity contribution in [2.45, 2.75) is 155 Å². The molecule has 4 aliphatic carbocycles. The van der Waals surface area contributed by atoms with Crippen molar-refractivity contribution in [3.05, 3.63) is 12.2 Å². The molecule has 0 aromatic heterocycles. The Labute approximate surface area is 275 Å². The molecule has 10 nitrogen and oxygen atoms in total. The van der Waals surface area contributed by atoms with Gasteiger partial charge in [-0.05, 0) is 73.5 Å². The molecule has 0 aromatic carbocycles. The van der Waals surface area contributed by atoms with Gasteiger partial charge in [-0.15, -0.1) is 0 Å². The summed E-state index contributed by atoms with van der Waals surface area (Å²) in [6.45, 7) is 16.7. The Bertz CT molecular complexity index is 1230. The molecule has 46 heavy (non-hydrogen) atoms. The third-order valence-corrected chi connectivity index (χ3v) is 13.0. The summed E-state index contributed by atoms with van der Waals surface area (Å²) in [4.78, 5) is 57.1. The molecule has 4 amide bonds. The summed E-state index contributed by atoms with van der Waals surface area (Å²) in [5.74, 6) is -1.45. The van der Waals surface area contributed by atoms with Gasteiger partial charge in [0.25, 0.3) is 5.91 Å². The molecular formula is C36H59N5O5. The van der Waals surface area contributed by atoms with E-state index in [1.807, 2.05) is 27.7 Å². The first kappa shape index (κ1) is 34.9. The van der Waals surface area contributed by atoms with E-state index in [2.05, 4.69) is 36.4 Å². The number of hydrogen-bond acceptors (Lipinski definition) is 6. The van der Waals surface area contributed by atoms with Gasteiger partial charge in [0.15, 0.2) is 6.10 Å². The van der Waals surface area contributed by atoms with E-state index in [0.29, 0.717) is 25.0 Å². The fourth-order valence-electron chi connectivity index (χ4n) is 9.36. The van der Waals surface area contributed by atoms with Crippen LogP contribution in [0.25, 0.3) is 0 Å². The zero-order valence-corrected chi connectivity index (χ0v) is 29.0. The van der Waals surface area contributed by atoms with E-state index in [1.165, 1.54) is 0 Å². The first-order valence-corrected chi connectivity index (χ1v) is 17.8.